The standard InChI is InChI=1S/C17H20FNO2/c1-10-5-6-12(7-11(10)2)17(19)13-8-15(20-3)16(21-4)9-14(13)18/h5-9,17H,19H2,1-4H3. The van der Waals surface area contributed by atoms with Gasteiger partial charge >= 0.3 is 0 Å². The normalized spacial score (nSPS) is 12.1. The maximum Gasteiger partial charge on any atom is 0.163 e. The molecule has 112 valence electrons. The Morgan fingerprint density at radius 3 is 2.14 bits per heavy atom. The first-order valence-electron chi connectivity index (χ1n) is 6.72. The lowest BCUT2D eigenvalue weighted by atomic mass is 9.95. The smallest absolute Gasteiger partial charge is 0.163 e. The van der Waals surface area contributed by atoms with Crippen molar-refractivity contribution < 1.29 is 13.9 Å². The van der Waals surface area contributed by atoms with Gasteiger partial charge in [0.05, 0.1) is 20.3 Å². The summed E-state index contributed by atoms with van der Waals surface area (Å²) in [6.07, 6.45) is 0. The highest BCUT2D eigenvalue weighted by Gasteiger charge is 2.18. The second-order valence-corrected chi connectivity index (χ2v) is 5.05. The van der Waals surface area contributed by atoms with Gasteiger partial charge in [-0.1, -0.05) is 18.2 Å². The van der Waals surface area contributed by atoms with E-state index in [0.29, 0.717) is 17.1 Å². The van der Waals surface area contributed by atoms with E-state index in [9.17, 15) is 4.39 Å². The molecule has 0 aliphatic rings. The Kier molecular flexibility index (Phi) is 4.48. The maximum atomic E-state index is 14.3. The zero-order valence-corrected chi connectivity index (χ0v) is 12.7. The number of benzene rings is 2. The molecule has 1 atom stereocenters. The molecule has 0 bridgehead atoms. The zero-order valence-electron chi connectivity index (χ0n) is 12.7. The molecule has 0 radical (unpaired) electrons. The molecule has 2 aromatic rings. The molecule has 0 spiro atoms. The molecule has 2 aromatic carbocycles. The number of ether oxygens (including phenoxy) is 2. The topological polar surface area (TPSA) is 44.5 Å². The van der Waals surface area contributed by atoms with Crippen LogP contribution in [0, 0.1) is 19.7 Å². The summed E-state index contributed by atoms with van der Waals surface area (Å²) in [7, 11) is 2.99. The quantitative estimate of drug-likeness (QED) is 0.936. The number of methoxy groups -OCH3 is 2. The van der Waals surface area contributed by atoms with Gasteiger partial charge in [0.15, 0.2) is 11.5 Å². The third kappa shape index (κ3) is 3.00. The highest BCUT2D eigenvalue weighted by molar-refractivity contribution is 5.47. The van der Waals surface area contributed by atoms with Gasteiger partial charge in [-0.15, -0.1) is 0 Å². The number of hydrogen-bond donors (Lipinski definition) is 1. The van der Waals surface area contributed by atoms with Crippen LogP contribution in [0.3, 0.4) is 0 Å². The lowest BCUT2D eigenvalue weighted by molar-refractivity contribution is 0.351. The Bertz CT molecular complexity index is 655. The summed E-state index contributed by atoms with van der Waals surface area (Å²) >= 11 is 0. The van der Waals surface area contributed by atoms with Crippen molar-refractivity contribution in [1.82, 2.24) is 0 Å². The van der Waals surface area contributed by atoms with Crippen molar-refractivity contribution in [3.05, 3.63) is 58.4 Å². The molecular weight excluding hydrogens is 269 g/mol. The lowest BCUT2D eigenvalue weighted by Gasteiger charge is -2.17. The van der Waals surface area contributed by atoms with E-state index in [1.165, 1.54) is 25.8 Å². The fourth-order valence-electron chi connectivity index (χ4n) is 2.25. The van der Waals surface area contributed by atoms with Crippen molar-refractivity contribution in [3.8, 4) is 11.5 Å². The third-order valence-corrected chi connectivity index (χ3v) is 3.73. The minimum atomic E-state index is -0.552. The van der Waals surface area contributed by atoms with Crippen LogP contribution in [0.1, 0.15) is 28.3 Å². The van der Waals surface area contributed by atoms with Gasteiger partial charge in [0.2, 0.25) is 0 Å². The number of rotatable bonds is 4. The van der Waals surface area contributed by atoms with E-state index >= 15 is 0 Å². The molecule has 0 heterocycles. The lowest BCUT2D eigenvalue weighted by Crippen LogP contribution is -2.14. The molecule has 1 unspecified atom stereocenters. The van der Waals surface area contributed by atoms with Gasteiger partial charge in [0, 0.05) is 11.6 Å². The Balaban J connectivity index is 2.47. The molecule has 21 heavy (non-hydrogen) atoms. The molecule has 0 saturated heterocycles. The summed E-state index contributed by atoms with van der Waals surface area (Å²) in [5, 5.41) is 0. The summed E-state index contributed by atoms with van der Waals surface area (Å²) in [6, 6.07) is 8.23. The maximum absolute atomic E-state index is 14.3. The predicted molar refractivity (Wildman–Crippen MR) is 81.5 cm³/mol. The molecule has 2 N–H and O–H groups in total. The Hall–Kier alpha value is -2.07. The van der Waals surface area contributed by atoms with Crippen molar-refractivity contribution in [3.63, 3.8) is 0 Å². The van der Waals surface area contributed by atoms with Crippen molar-refractivity contribution in [2.45, 2.75) is 19.9 Å². The van der Waals surface area contributed by atoms with Crippen LogP contribution in [0.15, 0.2) is 30.3 Å². The first kappa shape index (κ1) is 15.3. The van der Waals surface area contributed by atoms with Gasteiger partial charge in [0.1, 0.15) is 5.82 Å². The largest absolute Gasteiger partial charge is 0.493 e. The van der Waals surface area contributed by atoms with Gasteiger partial charge in [-0.3, -0.25) is 0 Å². The highest BCUT2D eigenvalue weighted by Crippen LogP contribution is 2.34. The minimum Gasteiger partial charge on any atom is -0.493 e. The van der Waals surface area contributed by atoms with Crippen LogP contribution in [0.25, 0.3) is 0 Å². The van der Waals surface area contributed by atoms with Crippen LogP contribution in [0.2, 0.25) is 0 Å². The third-order valence-electron chi connectivity index (χ3n) is 3.73. The second kappa shape index (κ2) is 6.14. The zero-order chi connectivity index (χ0) is 15.6. The van der Waals surface area contributed by atoms with Gasteiger partial charge in [-0.25, -0.2) is 4.39 Å². The SMILES string of the molecule is COc1cc(F)c(C(N)c2ccc(C)c(C)c2)cc1OC. The van der Waals surface area contributed by atoms with E-state index in [0.717, 1.165) is 11.1 Å². The highest BCUT2D eigenvalue weighted by atomic mass is 19.1. The molecule has 0 amide bonds. The van der Waals surface area contributed by atoms with Gasteiger partial charge < -0.3 is 15.2 Å². The van der Waals surface area contributed by atoms with Crippen molar-refractivity contribution in [1.29, 1.82) is 0 Å². The van der Waals surface area contributed by atoms with Crippen molar-refractivity contribution in [2.75, 3.05) is 14.2 Å². The van der Waals surface area contributed by atoms with Crippen molar-refractivity contribution >= 4 is 0 Å². The van der Waals surface area contributed by atoms with E-state index in [1.54, 1.807) is 6.07 Å². The molecule has 3 nitrogen and oxygen atoms in total. The van der Waals surface area contributed by atoms with Crippen LogP contribution >= 0.6 is 0 Å². The summed E-state index contributed by atoms with van der Waals surface area (Å²) in [4.78, 5) is 0. The average molecular weight is 289 g/mol. The Labute approximate surface area is 124 Å². The fraction of sp³-hybridized carbons (Fsp3) is 0.294. The molecule has 0 saturated carbocycles. The number of halogens is 1. The minimum absolute atomic E-state index is 0.353. The summed E-state index contributed by atoms with van der Waals surface area (Å²) in [6.45, 7) is 4.04. The van der Waals surface area contributed by atoms with E-state index in [-0.39, 0.29) is 0 Å². The van der Waals surface area contributed by atoms with Crippen LogP contribution in [-0.4, -0.2) is 14.2 Å². The molecule has 0 aromatic heterocycles. The van der Waals surface area contributed by atoms with Crippen LogP contribution in [-0.2, 0) is 0 Å². The monoisotopic (exact) mass is 289 g/mol. The average Bonchev–Trinajstić information content (AvgIpc) is 2.49. The molecule has 0 aliphatic carbocycles. The molecule has 2 rings (SSSR count). The molecule has 0 aliphatic heterocycles. The van der Waals surface area contributed by atoms with Crippen LogP contribution in [0.5, 0.6) is 11.5 Å². The van der Waals surface area contributed by atoms with Gasteiger partial charge in [0.25, 0.3) is 0 Å². The summed E-state index contributed by atoms with van der Waals surface area (Å²) < 4.78 is 24.6. The number of nitrogens with two attached hydrogens (primary N) is 1. The number of aryl methyl sites for hydroxylation is 2. The van der Waals surface area contributed by atoms with E-state index in [2.05, 4.69) is 0 Å². The molecule has 4 heteroatoms. The van der Waals surface area contributed by atoms with Crippen LogP contribution in [0.4, 0.5) is 4.39 Å². The Morgan fingerprint density at radius 1 is 0.952 bits per heavy atom. The van der Waals surface area contributed by atoms with E-state index in [4.69, 9.17) is 15.2 Å². The molecule has 0 fully saturated rings. The summed E-state index contributed by atoms with van der Waals surface area (Å²) in [5.74, 6) is 0.414. The second-order valence-electron chi connectivity index (χ2n) is 5.05. The number of hydrogen-bond acceptors (Lipinski definition) is 3. The first-order valence-corrected chi connectivity index (χ1v) is 6.72. The van der Waals surface area contributed by atoms with Crippen LogP contribution < -0.4 is 15.2 Å². The van der Waals surface area contributed by atoms with Crippen molar-refractivity contribution in [2.24, 2.45) is 5.73 Å². The summed E-state index contributed by atoms with van der Waals surface area (Å²) in [5.41, 5.74) is 9.77. The van der Waals surface area contributed by atoms with Gasteiger partial charge in [-0.2, -0.15) is 0 Å². The first-order chi connectivity index (χ1) is 9.97. The predicted octanol–water partition coefficient (Wildman–Crippen LogP) is 3.51. The molecular formula is C17H20FNO2. The van der Waals surface area contributed by atoms with E-state index in [1.807, 2.05) is 32.0 Å². The Morgan fingerprint density at radius 2 is 1.57 bits per heavy atom. The fourth-order valence-corrected chi connectivity index (χ4v) is 2.25. The van der Waals surface area contributed by atoms with E-state index < -0.39 is 11.9 Å². The van der Waals surface area contributed by atoms with Gasteiger partial charge in [-0.05, 0) is 36.6 Å².